The highest BCUT2D eigenvalue weighted by Crippen LogP contribution is 2.27. The van der Waals surface area contributed by atoms with Crippen molar-refractivity contribution < 1.29 is 13.9 Å². The van der Waals surface area contributed by atoms with Crippen molar-refractivity contribution in [2.75, 3.05) is 30.4 Å². The first-order valence-corrected chi connectivity index (χ1v) is 10.2. The summed E-state index contributed by atoms with van der Waals surface area (Å²) in [6, 6.07) is 6.93. The molecule has 2 unspecified atom stereocenters. The van der Waals surface area contributed by atoms with E-state index in [1.165, 1.54) is 17.8 Å². The van der Waals surface area contributed by atoms with E-state index < -0.39 is 0 Å². The lowest BCUT2D eigenvalue weighted by molar-refractivity contribution is -0.131. The summed E-state index contributed by atoms with van der Waals surface area (Å²) in [7, 11) is 0. The Kier molecular flexibility index (Phi) is 6.25. The number of nitrogens with zero attached hydrogens (tertiary/aromatic N) is 1. The molecule has 3 rings (SSSR count). The Morgan fingerprint density at radius 3 is 2.96 bits per heavy atom. The van der Waals surface area contributed by atoms with Crippen molar-refractivity contribution in [2.24, 2.45) is 0 Å². The van der Waals surface area contributed by atoms with Gasteiger partial charge in [0.1, 0.15) is 5.82 Å². The van der Waals surface area contributed by atoms with Gasteiger partial charge in [0, 0.05) is 29.8 Å². The lowest BCUT2D eigenvalue weighted by Crippen LogP contribution is -2.45. The van der Waals surface area contributed by atoms with Gasteiger partial charge in [-0.15, -0.1) is 11.8 Å². The number of halogens is 1. The van der Waals surface area contributed by atoms with Crippen LogP contribution in [0.5, 0.6) is 0 Å². The Bertz CT molecular complexity index is 531. The maximum absolute atomic E-state index is 13.7. The van der Waals surface area contributed by atoms with E-state index in [0.29, 0.717) is 17.5 Å². The van der Waals surface area contributed by atoms with Crippen LogP contribution in [0.4, 0.5) is 4.39 Å². The fourth-order valence-corrected chi connectivity index (χ4v) is 5.06. The van der Waals surface area contributed by atoms with Gasteiger partial charge in [0.15, 0.2) is 0 Å². The summed E-state index contributed by atoms with van der Waals surface area (Å²) in [5, 5.41) is 0. The number of hydrogen-bond acceptors (Lipinski definition) is 4. The van der Waals surface area contributed by atoms with Crippen LogP contribution in [0.2, 0.25) is 0 Å². The van der Waals surface area contributed by atoms with E-state index in [1.54, 1.807) is 18.2 Å². The molecule has 2 heterocycles. The van der Waals surface area contributed by atoms with Crippen molar-refractivity contribution in [1.82, 2.24) is 4.90 Å². The Labute approximate surface area is 145 Å². The van der Waals surface area contributed by atoms with Gasteiger partial charge in [0.2, 0.25) is 5.91 Å². The van der Waals surface area contributed by atoms with Crippen LogP contribution >= 0.6 is 23.5 Å². The lowest BCUT2D eigenvalue weighted by Gasteiger charge is -2.30. The molecule has 1 aromatic carbocycles. The standard InChI is InChI=1S/C17H22FNO2S2/c18-15-5-1-2-6-16(15)23-12-17(20)19(13-7-9-22-11-13)10-14-4-3-8-21-14/h1-2,5-6,13-14H,3-4,7-12H2. The number of amides is 1. The predicted octanol–water partition coefficient (Wildman–Crippen LogP) is 3.43. The van der Waals surface area contributed by atoms with E-state index >= 15 is 0 Å². The average Bonchev–Trinajstić information content (AvgIpc) is 3.25. The van der Waals surface area contributed by atoms with Gasteiger partial charge in [-0.1, -0.05) is 12.1 Å². The highest BCUT2D eigenvalue weighted by Gasteiger charge is 2.30. The average molecular weight is 356 g/mol. The van der Waals surface area contributed by atoms with Crippen LogP contribution < -0.4 is 0 Å². The third-order valence-corrected chi connectivity index (χ3v) is 6.46. The van der Waals surface area contributed by atoms with Crippen molar-refractivity contribution in [2.45, 2.75) is 36.3 Å². The molecule has 2 aliphatic heterocycles. The van der Waals surface area contributed by atoms with Gasteiger partial charge in [0.25, 0.3) is 0 Å². The summed E-state index contributed by atoms with van der Waals surface area (Å²) in [5.41, 5.74) is 0. The smallest absolute Gasteiger partial charge is 0.233 e. The van der Waals surface area contributed by atoms with Crippen LogP contribution in [-0.2, 0) is 9.53 Å². The maximum Gasteiger partial charge on any atom is 0.233 e. The first-order valence-electron chi connectivity index (χ1n) is 8.10. The minimum Gasteiger partial charge on any atom is -0.376 e. The highest BCUT2D eigenvalue weighted by molar-refractivity contribution is 8.00. The number of hydrogen-bond donors (Lipinski definition) is 0. The van der Waals surface area contributed by atoms with Crippen molar-refractivity contribution in [3.05, 3.63) is 30.1 Å². The molecule has 2 fully saturated rings. The third-order valence-electron chi connectivity index (χ3n) is 4.28. The van der Waals surface area contributed by atoms with Gasteiger partial charge in [-0.25, -0.2) is 4.39 Å². The molecule has 1 amide bonds. The van der Waals surface area contributed by atoms with Gasteiger partial charge in [-0.3, -0.25) is 4.79 Å². The zero-order valence-corrected chi connectivity index (χ0v) is 14.7. The topological polar surface area (TPSA) is 29.5 Å². The Hall–Kier alpha value is -0.720. The molecule has 2 saturated heterocycles. The van der Waals surface area contributed by atoms with Gasteiger partial charge >= 0.3 is 0 Å². The van der Waals surface area contributed by atoms with Crippen molar-refractivity contribution in [3.8, 4) is 0 Å². The summed E-state index contributed by atoms with van der Waals surface area (Å²) in [4.78, 5) is 15.3. The molecule has 1 aromatic rings. The van der Waals surface area contributed by atoms with Crippen LogP contribution in [-0.4, -0.2) is 53.4 Å². The summed E-state index contributed by atoms with van der Waals surface area (Å²) >= 11 is 3.19. The normalized spacial score (nSPS) is 24.0. The second-order valence-electron chi connectivity index (χ2n) is 5.92. The Morgan fingerprint density at radius 2 is 2.26 bits per heavy atom. The number of ether oxygens (including phenoxy) is 1. The molecule has 6 heteroatoms. The fourth-order valence-electron chi connectivity index (χ4n) is 3.01. The number of benzene rings is 1. The summed E-state index contributed by atoms with van der Waals surface area (Å²) in [5.74, 6) is 2.24. The molecule has 0 aromatic heterocycles. The van der Waals surface area contributed by atoms with E-state index in [-0.39, 0.29) is 23.6 Å². The zero-order chi connectivity index (χ0) is 16.1. The Morgan fingerprint density at radius 1 is 1.39 bits per heavy atom. The molecule has 0 aliphatic carbocycles. The third kappa shape index (κ3) is 4.64. The van der Waals surface area contributed by atoms with Crippen LogP contribution in [0.1, 0.15) is 19.3 Å². The molecule has 0 saturated carbocycles. The number of carbonyl (C=O) groups is 1. The van der Waals surface area contributed by atoms with Crippen LogP contribution in [0, 0.1) is 5.82 Å². The van der Waals surface area contributed by atoms with E-state index in [4.69, 9.17) is 4.74 Å². The number of carbonyl (C=O) groups excluding carboxylic acids is 1. The summed E-state index contributed by atoms with van der Waals surface area (Å²) < 4.78 is 19.4. The van der Waals surface area contributed by atoms with Gasteiger partial charge in [0.05, 0.1) is 11.9 Å². The lowest BCUT2D eigenvalue weighted by atomic mass is 10.1. The molecular weight excluding hydrogens is 333 g/mol. The molecule has 126 valence electrons. The van der Waals surface area contributed by atoms with Gasteiger partial charge < -0.3 is 9.64 Å². The molecule has 2 atom stereocenters. The fraction of sp³-hybridized carbons (Fsp3) is 0.588. The van der Waals surface area contributed by atoms with Crippen LogP contribution in [0.15, 0.2) is 29.2 Å². The maximum atomic E-state index is 13.7. The summed E-state index contributed by atoms with van der Waals surface area (Å²) in [6.45, 7) is 1.48. The van der Waals surface area contributed by atoms with Crippen LogP contribution in [0.3, 0.4) is 0 Å². The second-order valence-corrected chi connectivity index (χ2v) is 8.08. The van der Waals surface area contributed by atoms with Gasteiger partial charge in [-0.05, 0) is 37.1 Å². The van der Waals surface area contributed by atoms with E-state index in [2.05, 4.69) is 0 Å². The van der Waals surface area contributed by atoms with E-state index in [9.17, 15) is 9.18 Å². The highest BCUT2D eigenvalue weighted by atomic mass is 32.2. The van der Waals surface area contributed by atoms with Crippen LogP contribution in [0.25, 0.3) is 0 Å². The molecule has 0 N–H and O–H groups in total. The monoisotopic (exact) mass is 355 g/mol. The number of thioether (sulfide) groups is 2. The molecule has 3 nitrogen and oxygen atoms in total. The minimum atomic E-state index is -0.257. The van der Waals surface area contributed by atoms with Crippen molar-refractivity contribution in [1.29, 1.82) is 0 Å². The molecular formula is C17H22FNO2S2. The molecule has 0 radical (unpaired) electrons. The molecule has 2 aliphatic rings. The van der Waals surface area contributed by atoms with Crippen molar-refractivity contribution >= 4 is 29.4 Å². The molecule has 0 bridgehead atoms. The minimum absolute atomic E-state index is 0.0984. The SMILES string of the molecule is O=C(CSc1ccccc1F)N(CC1CCCO1)C1CCSC1. The first kappa shape index (κ1) is 17.1. The number of rotatable bonds is 6. The van der Waals surface area contributed by atoms with Crippen molar-refractivity contribution in [3.63, 3.8) is 0 Å². The van der Waals surface area contributed by atoms with Gasteiger partial charge in [-0.2, -0.15) is 11.8 Å². The zero-order valence-electron chi connectivity index (χ0n) is 13.1. The van der Waals surface area contributed by atoms with E-state index in [0.717, 1.165) is 37.4 Å². The second kappa shape index (κ2) is 8.40. The molecule has 0 spiro atoms. The summed E-state index contributed by atoms with van der Waals surface area (Å²) in [6.07, 6.45) is 3.33. The molecule has 23 heavy (non-hydrogen) atoms. The predicted molar refractivity (Wildman–Crippen MR) is 93.5 cm³/mol. The largest absolute Gasteiger partial charge is 0.376 e. The Balaban J connectivity index is 1.60. The quantitative estimate of drug-likeness (QED) is 0.731. The first-order chi connectivity index (χ1) is 11.2. The van der Waals surface area contributed by atoms with E-state index in [1.807, 2.05) is 16.7 Å².